The Morgan fingerprint density at radius 2 is 2.27 bits per heavy atom. The average molecular weight is 215 g/mol. The molecule has 0 atom stereocenters. The highest BCUT2D eigenvalue weighted by Crippen LogP contribution is 2.27. The molecule has 4 nitrogen and oxygen atoms in total. The third kappa shape index (κ3) is 2.92. The molecule has 0 radical (unpaired) electrons. The lowest BCUT2D eigenvalue weighted by atomic mass is 9.94. The molecule has 0 aliphatic carbocycles. The molecule has 0 unspecified atom stereocenters. The lowest BCUT2D eigenvalue weighted by Gasteiger charge is -2.36. The quantitative estimate of drug-likeness (QED) is 0.671. The van der Waals surface area contributed by atoms with Crippen LogP contribution >= 0.6 is 0 Å². The Bertz CT molecular complexity index is 247. The van der Waals surface area contributed by atoms with Gasteiger partial charge in [0.05, 0.1) is 6.61 Å². The first-order chi connectivity index (χ1) is 7.15. The predicted molar refractivity (Wildman–Crippen MR) is 58.4 cm³/mol. The first kappa shape index (κ1) is 12.0. The summed E-state index contributed by atoms with van der Waals surface area (Å²) >= 11 is 0. The van der Waals surface area contributed by atoms with Crippen LogP contribution in [-0.4, -0.2) is 49.1 Å². The lowest BCUT2D eigenvalue weighted by molar-refractivity contribution is 0.0167. The molecule has 15 heavy (non-hydrogen) atoms. The number of halogens is 1. The van der Waals surface area contributed by atoms with Crippen molar-refractivity contribution in [3.63, 3.8) is 0 Å². The van der Waals surface area contributed by atoms with Gasteiger partial charge in [-0.25, -0.2) is 9.38 Å². The number of hydrogen-bond acceptors (Lipinski definition) is 4. The van der Waals surface area contributed by atoms with Crippen LogP contribution in [0.5, 0.6) is 0 Å². The van der Waals surface area contributed by atoms with E-state index in [0.29, 0.717) is 25.9 Å². The van der Waals surface area contributed by atoms with E-state index in [1.54, 1.807) is 13.2 Å². The van der Waals surface area contributed by atoms with Gasteiger partial charge in [0.15, 0.2) is 0 Å². The van der Waals surface area contributed by atoms with Crippen LogP contribution in [0.2, 0.25) is 0 Å². The van der Waals surface area contributed by atoms with Crippen molar-refractivity contribution in [2.24, 2.45) is 4.99 Å². The van der Waals surface area contributed by atoms with Crippen LogP contribution in [0.15, 0.2) is 17.0 Å². The number of piperidine rings is 1. The van der Waals surface area contributed by atoms with Crippen LogP contribution in [0.1, 0.15) is 12.8 Å². The number of rotatable bonds is 4. The first-order valence-electron chi connectivity index (χ1n) is 5.04. The molecule has 1 aliphatic rings. The molecule has 0 aromatic rings. The fraction of sp³-hybridized carbons (Fsp3) is 0.700. The van der Waals surface area contributed by atoms with Crippen molar-refractivity contribution in [2.45, 2.75) is 18.5 Å². The van der Waals surface area contributed by atoms with Gasteiger partial charge < -0.3 is 15.3 Å². The molecule has 0 aromatic heterocycles. The van der Waals surface area contributed by atoms with E-state index in [1.807, 2.05) is 4.90 Å². The molecule has 0 saturated carbocycles. The van der Waals surface area contributed by atoms with E-state index in [-0.39, 0.29) is 0 Å². The number of aliphatic imine (C=N–C) groups is 1. The van der Waals surface area contributed by atoms with E-state index in [0.717, 1.165) is 5.82 Å². The normalized spacial score (nSPS) is 21.3. The SMILES string of the molecule is C=N/C(=C\NC)N1CCC(F)(CO)CC1. The highest BCUT2D eigenvalue weighted by Gasteiger charge is 2.34. The van der Waals surface area contributed by atoms with Crippen LogP contribution in [-0.2, 0) is 0 Å². The summed E-state index contributed by atoms with van der Waals surface area (Å²) in [5.41, 5.74) is -1.41. The summed E-state index contributed by atoms with van der Waals surface area (Å²) < 4.78 is 13.7. The Morgan fingerprint density at radius 3 is 2.67 bits per heavy atom. The summed E-state index contributed by atoms with van der Waals surface area (Å²) in [6.45, 7) is 4.19. The van der Waals surface area contributed by atoms with Crippen LogP contribution in [0.4, 0.5) is 4.39 Å². The highest BCUT2D eigenvalue weighted by molar-refractivity contribution is 5.28. The largest absolute Gasteiger partial charge is 0.393 e. The standard InChI is InChI=1S/C10H18FN3O/c1-12-7-9(13-2)14-5-3-10(11,8-15)4-6-14/h7,12,15H,2-6,8H2,1H3/b9-7+. The van der Waals surface area contributed by atoms with Gasteiger partial charge in [-0.15, -0.1) is 0 Å². The molecule has 1 heterocycles. The van der Waals surface area contributed by atoms with Crippen molar-refractivity contribution in [3.05, 3.63) is 12.0 Å². The zero-order valence-corrected chi connectivity index (χ0v) is 9.04. The van der Waals surface area contributed by atoms with Gasteiger partial charge in [-0.05, 0) is 6.72 Å². The van der Waals surface area contributed by atoms with Gasteiger partial charge in [0.25, 0.3) is 0 Å². The Balaban J connectivity index is 2.56. The van der Waals surface area contributed by atoms with Crippen molar-refractivity contribution in [1.29, 1.82) is 0 Å². The smallest absolute Gasteiger partial charge is 0.143 e. The van der Waals surface area contributed by atoms with Crippen LogP contribution in [0.3, 0.4) is 0 Å². The molecule has 5 heteroatoms. The fourth-order valence-corrected chi connectivity index (χ4v) is 1.66. The van der Waals surface area contributed by atoms with Crippen LogP contribution < -0.4 is 5.32 Å². The van der Waals surface area contributed by atoms with E-state index >= 15 is 0 Å². The molecule has 1 rings (SSSR count). The van der Waals surface area contributed by atoms with Gasteiger partial charge in [0.2, 0.25) is 0 Å². The Morgan fingerprint density at radius 1 is 1.67 bits per heavy atom. The Hall–Kier alpha value is -1.10. The minimum atomic E-state index is -1.41. The van der Waals surface area contributed by atoms with E-state index in [1.165, 1.54) is 0 Å². The minimum Gasteiger partial charge on any atom is -0.393 e. The molecule has 86 valence electrons. The minimum absolute atomic E-state index is 0.333. The first-order valence-corrected chi connectivity index (χ1v) is 5.04. The van der Waals surface area contributed by atoms with Crippen molar-refractivity contribution in [1.82, 2.24) is 10.2 Å². The second-order valence-corrected chi connectivity index (χ2v) is 3.75. The summed E-state index contributed by atoms with van der Waals surface area (Å²) in [4.78, 5) is 5.82. The number of nitrogens with zero attached hydrogens (tertiary/aromatic N) is 2. The second kappa shape index (κ2) is 5.11. The van der Waals surface area contributed by atoms with E-state index < -0.39 is 12.3 Å². The number of aliphatic hydroxyl groups is 1. The number of aliphatic hydroxyl groups excluding tert-OH is 1. The predicted octanol–water partition coefficient (Wildman–Crippen LogP) is 0.502. The van der Waals surface area contributed by atoms with Crippen molar-refractivity contribution >= 4 is 6.72 Å². The number of alkyl halides is 1. The molecule has 0 aromatic carbocycles. The van der Waals surface area contributed by atoms with Crippen LogP contribution in [0.25, 0.3) is 0 Å². The molecule has 1 aliphatic heterocycles. The number of hydrogen-bond donors (Lipinski definition) is 2. The second-order valence-electron chi connectivity index (χ2n) is 3.75. The van der Waals surface area contributed by atoms with Gasteiger partial charge in [-0.3, -0.25) is 0 Å². The van der Waals surface area contributed by atoms with Crippen molar-refractivity contribution < 1.29 is 9.50 Å². The van der Waals surface area contributed by atoms with E-state index in [2.05, 4.69) is 17.0 Å². The van der Waals surface area contributed by atoms with Gasteiger partial charge >= 0.3 is 0 Å². The molecular weight excluding hydrogens is 197 g/mol. The third-order valence-corrected chi connectivity index (χ3v) is 2.70. The topological polar surface area (TPSA) is 47.9 Å². The maximum absolute atomic E-state index is 13.7. The maximum atomic E-state index is 13.7. The van der Waals surface area contributed by atoms with Gasteiger partial charge in [-0.2, -0.15) is 0 Å². The molecular formula is C10H18FN3O. The molecule has 1 fully saturated rings. The molecule has 0 bridgehead atoms. The van der Waals surface area contributed by atoms with Crippen LogP contribution in [0, 0.1) is 0 Å². The molecule has 2 N–H and O–H groups in total. The zero-order chi connectivity index (χ0) is 11.3. The summed E-state index contributed by atoms with van der Waals surface area (Å²) in [5, 5.41) is 11.7. The van der Waals surface area contributed by atoms with E-state index in [4.69, 9.17) is 5.11 Å². The van der Waals surface area contributed by atoms with Gasteiger partial charge in [-0.1, -0.05) is 0 Å². The third-order valence-electron chi connectivity index (χ3n) is 2.70. The number of likely N-dealkylation sites (tertiary alicyclic amines) is 1. The monoisotopic (exact) mass is 215 g/mol. The summed E-state index contributed by atoms with van der Waals surface area (Å²) in [6.07, 6.45) is 2.40. The van der Waals surface area contributed by atoms with E-state index in [9.17, 15) is 4.39 Å². The summed E-state index contributed by atoms with van der Waals surface area (Å²) in [6, 6.07) is 0. The average Bonchev–Trinajstić information content (AvgIpc) is 2.27. The Kier molecular flexibility index (Phi) is 4.08. The maximum Gasteiger partial charge on any atom is 0.143 e. The Labute approximate surface area is 89.5 Å². The fourth-order valence-electron chi connectivity index (χ4n) is 1.66. The molecule has 0 spiro atoms. The van der Waals surface area contributed by atoms with Gasteiger partial charge in [0.1, 0.15) is 11.5 Å². The zero-order valence-electron chi connectivity index (χ0n) is 9.04. The van der Waals surface area contributed by atoms with Crippen molar-refractivity contribution in [3.8, 4) is 0 Å². The summed E-state index contributed by atoms with van der Waals surface area (Å²) in [7, 11) is 1.78. The number of nitrogens with one attached hydrogen (secondary N) is 1. The van der Waals surface area contributed by atoms with Gasteiger partial charge in [0, 0.05) is 39.2 Å². The molecule has 1 saturated heterocycles. The summed E-state index contributed by atoms with van der Waals surface area (Å²) in [5.74, 6) is 0.720. The molecule has 0 amide bonds. The van der Waals surface area contributed by atoms with Crippen molar-refractivity contribution in [2.75, 3.05) is 26.7 Å². The highest BCUT2D eigenvalue weighted by atomic mass is 19.1. The lowest BCUT2D eigenvalue weighted by Crippen LogP contribution is -2.43.